The van der Waals surface area contributed by atoms with Crippen molar-refractivity contribution in [2.24, 2.45) is 0 Å². The Morgan fingerprint density at radius 2 is 1.92 bits per heavy atom. The van der Waals surface area contributed by atoms with E-state index in [0.717, 1.165) is 11.8 Å². The summed E-state index contributed by atoms with van der Waals surface area (Å²) in [5.41, 5.74) is 0.886. The van der Waals surface area contributed by atoms with E-state index in [-0.39, 0.29) is 27.7 Å². The van der Waals surface area contributed by atoms with Crippen molar-refractivity contribution in [1.29, 1.82) is 0 Å². The molecule has 0 radical (unpaired) electrons. The number of pyridine rings is 1. The van der Waals surface area contributed by atoms with Crippen molar-refractivity contribution in [1.82, 2.24) is 14.5 Å². The number of carboxylic acid groups (broad SMARTS) is 1. The van der Waals surface area contributed by atoms with Crippen LogP contribution in [-0.2, 0) is 15.3 Å². The fourth-order valence-electron chi connectivity index (χ4n) is 3.95. The molecule has 15 heteroatoms. The zero-order valence-electron chi connectivity index (χ0n) is 19.4. The van der Waals surface area contributed by atoms with E-state index in [0.29, 0.717) is 17.2 Å². The number of thioether (sulfide) groups is 1. The molecule has 0 aliphatic carbocycles. The zero-order chi connectivity index (χ0) is 26.9. The average molecular weight is 544 g/mol. The lowest BCUT2D eigenvalue weighted by atomic mass is 9.98. The Bertz CT molecular complexity index is 1280. The van der Waals surface area contributed by atoms with Gasteiger partial charge in [0.05, 0.1) is 30.9 Å². The van der Waals surface area contributed by atoms with Crippen LogP contribution in [0.4, 0.5) is 8.78 Å². The van der Waals surface area contributed by atoms with Crippen LogP contribution < -0.4 is 14.2 Å². The maximum atomic E-state index is 12.7. The molecule has 4 N–H and O–H groups in total. The van der Waals surface area contributed by atoms with Crippen molar-refractivity contribution in [3.8, 4) is 17.2 Å². The Kier molecular flexibility index (Phi) is 7.99. The van der Waals surface area contributed by atoms with Crippen molar-refractivity contribution in [2.75, 3.05) is 14.2 Å². The molecule has 1 fully saturated rings. The fraction of sp³-hybridized carbons (Fsp3) is 0.409. The molecule has 12 nitrogen and oxygen atoms in total. The van der Waals surface area contributed by atoms with Gasteiger partial charge in [0.1, 0.15) is 24.1 Å². The molecule has 1 aliphatic heterocycles. The summed E-state index contributed by atoms with van der Waals surface area (Å²) >= 11 is 1.08. The third-order valence-corrected chi connectivity index (χ3v) is 6.61. The Labute approximate surface area is 212 Å². The molecule has 0 unspecified atom stereocenters. The molecule has 0 bridgehead atoms. The summed E-state index contributed by atoms with van der Waals surface area (Å²) in [4.78, 5) is 20.4. The van der Waals surface area contributed by atoms with Crippen LogP contribution in [0.15, 0.2) is 35.6 Å². The van der Waals surface area contributed by atoms with Gasteiger partial charge >= 0.3 is 12.6 Å². The van der Waals surface area contributed by atoms with Crippen LogP contribution in [0.2, 0.25) is 0 Å². The third kappa shape index (κ3) is 5.26. The summed E-state index contributed by atoms with van der Waals surface area (Å²) in [6, 6.07) is 5.46. The van der Waals surface area contributed by atoms with Crippen molar-refractivity contribution >= 4 is 28.8 Å². The lowest BCUT2D eigenvalue weighted by molar-refractivity contribution is -0.247. The minimum Gasteiger partial charge on any atom is -0.493 e. The number of rotatable bonds is 9. The number of nitrogens with zero attached hydrogens (tertiary/aromatic N) is 3. The van der Waals surface area contributed by atoms with Gasteiger partial charge in [-0.25, -0.2) is 9.78 Å². The predicted octanol–water partition coefficient (Wildman–Crippen LogP) is 1.41. The number of fused-ring (bicyclic) bond motifs is 1. The second kappa shape index (κ2) is 11.0. The van der Waals surface area contributed by atoms with Gasteiger partial charge < -0.3 is 39.4 Å². The highest BCUT2D eigenvalue weighted by Crippen LogP contribution is 2.39. The van der Waals surface area contributed by atoms with Crippen LogP contribution >= 0.6 is 11.8 Å². The van der Waals surface area contributed by atoms with Crippen LogP contribution in [0.25, 0.3) is 11.0 Å². The third-order valence-electron chi connectivity index (χ3n) is 5.64. The summed E-state index contributed by atoms with van der Waals surface area (Å²) in [5.74, 6) is -0.779. The van der Waals surface area contributed by atoms with E-state index < -0.39 is 43.2 Å². The predicted molar refractivity (Wildman–Crippen MR) is 123 cm³/mol. The number of aromatic nitrogens is 3. The highest BCUT2D eigenvalue weighted by molar-refractivity contribution is 7.98. The molecule has 0 amide bonds. The molecule has 0 saturated carbocycles. The number of hydrogen-bond donors (Lipinski definition) is 4. The Morgan fingerprint density at radius 3 is 2.57 bits per heavy atom. The second-order valence-corrected chi connectivity index (χ2v) is 8.77. The molecule has 1 saturated heterocycles. The number of hydrogen-bond acceptors (Lipinski definition) is 11. The molecule has 200 valence electrons. The standard InChI is InChI=1S/C22H23F2N3O9S/c1-33-13-5-6-25-11(17(13)34-2)8-37-22-26-10-7-9(35-21(23)24)3-4-12(10)27(22)19-16(30)14(28)15(29)18(36-19)20(31)32/h3-7,14-16,18-19,21,28-30H,8H2,1-2H3,(H,31,32)/t14-,15+,16+,18+,19-/m0/s1. The van der Waals surface area contributed by atoms with Crippen molar-refractivity contribution in [2.45, 2.75) is 48.2 Å². The molecule has 37 heavy (non-hydrogen) atoms. The van der Waals surface area contributed by atoms with Crippen molar-refractivity contribution < 1.29 is 52.9 Å². The van der Waals surface area contributed by atoms with Crippen LogP contribution in [0, 0.1) is 0 Å². The first-order valence-corrected chi connectivity index (χ1v) is 11.7. The molecule has 5 atom stereocenters. The number of carbonyl (C=O) groups is 1. The number of alkyl halides is 2. The lowest BCUT2D eigenvalue weighted by Gasteiger charge is -2.39. The van der Waals surface area contributed by atoms with Gasteiger partial charge in [0.2, 0.25) is 0 Å². The molecular weight excluding hydrogens is 520 g/mol. The summed E-state index contributed by atoms with van der Waals surface area (Å²) < 4.78 is 47.4. The van der Waals surface area contributed by atoms with Gasteiger partial charge in [-0.2, -0.15) is 8.78 Å². The normalized spacial score (nSPS) is 23.8. The molecule has 0 spiro atoms. The molecule has 3 aromatic rings. The van der Waals surface area contributed by atoms with Gasteiger partial charge in [0.25, 0.3) is 0 Å². The molecule has 2 aromatic heterocycles. The number of benzene rings is 1. The maximum absolute atomic E-state index is 12.7. The first-order chi connectivity index (χ1) is 17.7. The fourth-order valence-corrected chi connectivity index (χ4v) is 4.92. The molecule has 4 rings (SSSR count). The number of carboxylic acids is 1. The van der Waals surface area contributed by atoms with Crippen LogP contribution in [-0.4, -0.2) is 86.2 Å². The average Bonchev–Trinajstić information content (AvgIpc) is 3.22. The van der Waals surface area contributed by atoms with Gasteiger partial charge in [0, 0.05) is 24.1 Å². The monoisotopic (exact) mass is 543 g/mol. The Morgan fingerprint density at radius 1 is 1.16 bits per heavy atom. The van der Waals surface area contributed by atoms with Crippen LogP contribution in [0.5, 0.6) is 17.2 Å². The lowest BCUT2D eigenvalue weighted by Crippen LogP contribution is -2.57. The number of aliphatic hydroxyl groups is 3. The minimum atomic E-state index is -3.07. The molecular formula is C22H23F2N3O9S. The van der Waals surface area contributed by atoms with Gasteiger partial charge in [-0.05, 0) is 12.1 Å². The maximum Gasteiger partial charge on any atom is 0.387 e. The second-order valence-electron chi connectivity index (χ2n) is 7.83. The number of ether oxygens (including phenoxy) is 4. The largest absolute Gasteiger partial charge is 0.493 e. The van der Waals surface area contributed by atoms with E-state index in [1.54, 1.807) is 6.07 Å². The first kappa shape index (κ1) is 26.8. The van der Waals surface area contributed by atoms with Crippen LogP contribution in [0.1, 0.15) is 11.9 Å². The summed E-state index contributed by atoms with van der Waals surface area (Å²) in [6.45, 7) is -3.07. The van der Waals surface area contributed by atoms with Crippen molar-refractivity contribution in [3.05, 3.63) is 36.2 Å². The van der Waals surface area contributed by atoms with Gasteiger partial charge in [-0.3, -0.25) is 9.55 Å². The Balaban J connectivity index is 1.78. The zero-order valence-corrected chi connectivity index (χ0v) is 20.2. The number of aliphatic carboxylic acids is 1. The number of halogens is 2. The highest BCUT2D eigenvalue weighted by atomic mass is 32.2. The smallest absolute Gasteiger partial charge is 0.387 e. The van der Waals surface area contributed by atoms with Crippen LogP contribution in [0.3, 0.4) is 0 Å². The Hall–Kier alpha value is -3.24. The van der Waals surface area contributed by atoms with E-state index in [9.17, 15) is 34.0 Å². The highest BCUT2D eigenvalue weighted by Gasteiger charge is 2.48. The SMILES string of the molecule is COc1ccnc(CSc2nc3cc(OC(F)F)ccc3n2[C@H]2O[C@@H](C(=O)O)[C@H](O)[C@H](O)[C@H]2O)c1OC. The summed E-state index contributed by atoms with van der Waals surface area (Å²) in [5, 5.41) is 40.8. The number of imidazole rings is 1. The molecule has 3 heterocycles. The quantitative estimate of drug-likeness (QED) is 0.287. The number of aliphatic hydroxyl groups excluding tert-OH is 3. The van der Waals surface area contributed by atoms with Gasteiger partial charge in [-0.15, -0.1) is 0 Å². The van der Waals surface area contributed by atoms with Gasteiger partial charge in [-0.1, -0.05) is 11.8 Å². The summed E-state index contributed by atoms with van der Waals surface area (Å²) in [7, 11) is 2.91. The molecule has 1 aromatic carbocycles. The topological polar surface area (TPSA) is 166 Å². The van der Waals surface area contributed by atoms with E-state index in [4.69, 9.17) is 14.2 Å². The minimum absolute atomic E-state index is 0.153. The van der Waals surface area contributed by atoms with E-state index in [1.165, 1.54) is 43.2 Å². The van der Waals surface area contributed by atoms with E-state index >= 15 is 0 Å². The van der Waals surface area contributed by atoms with E-state index in [2.05, 4.69) is 14.7 Å². The van der Waals surface area contributed by atoms with E-state index in [1.807, 2.05) is 0 Å². The summed E-state index contributed by atoms with van der Waals surface area (Å²) in [6.07, 6.45) is -7.38. The molecule has 1 aliphatic rings. The number of methoxy groups -OCH3 is 2. The van der Waals surface area contributed by atoms with Gasteiger partial charge in [0.15, 0.2) is 29.0 Å². The first-order valence-electron chi connectivity index (χ1n) is 10.7. The van der Waals surface area contributed by atoms with Crippen molar-refractivity contribution in [3.63, 3.8) is 0 Å².